The summed E-state index contributed by atoms with van der Waals surface area (Å²) in [5.41, 5.74) is 0.861. The molecule has 7 heteroatoms. The molecule has 31 heavy (non-hydrogen) atoms. The fourth-order valence-corrected chi connectivity index (χ4v) is 6.94. The van der Waals surface area contributed by atoms with Crippen molar-refractivity contribution in [1.29, 1.82) is 0 Å². The minimum absolute atomic E-state index is 0.0747. The molecule has 1 aromatic heterocycles. The van der Waals surface area contributed by atoms with Gasteiger partial charge in [0, 0.05) is 6.54 Å². The first-order chi connectivity index (χ1) is 15.2. The van der Waals surface area contributed by atoms with Gasteiger partial charge in [-0.1, -0.05) is 0 Å². The fourth-order valence-electron chi connectivity index (χ4n) is 6.94. The van der Waals surface area contributed by atoms with Crippen molar-refractivity contribution in [1.82, 2.24) is 19.7 Å². The lowest BCUT2D eigenvalue weighted by molar-refractivity contribution is -0.165. The molecule has 4 saturated carbocycles. The maximum atomic E-state index is 13.6. The summed E-state index contributed by atoms with van der Waals surface area (Å²) in [5, 5.41) is 4.13. The molecule has 1 atom stereocenters. The van der Waals surface area contributed by atoms with Gasteiger partial charge in [0.25, 0.3) is 0 Å². The number of ether oxygens (including phenoxy) is 2. The van der Waals surface area contributed by atoms with Gasteiger partial charge in [-0.15, -0.1) is 0 Å². The number of benzene rings is 1. The van der Waals surface area contributed by atoms with Crippen LogP contribution in [0.5, 0.6) is 5.75 Å². The molecular weight excluding hydrogens is 392 g/mol. The van der Waals surface area contributed by atoms with Crippen molar-refractivity contribution in [3.8, 4) is 11.4 Å². The number of hydrogen-bond acceptors (Lipinski definition) is 5. The average molecular weight is 423 g/mol. The predicted octanol–water partition coefficient (Wildman–Crippen LogP) is 3.09. The minimum Gasteiger partial charge on any atom is -0.491 e. The minimum atomic E-state index is -0.0818. The third kappa shape index (κ3) is 3.63. The summed E-state index contributed by atoms with van der Waals surface area (Å²) in [6.45, 7) is 2.39. The van der Waals surface area contributed by atoms with Gasteiger partial charge >= 0.3 is 0 Å². The molecule has 5 fully saturated rings. The number of rotatable bonds is 5. The van der Waals surface area contributed by atoms with Crippen LogP contribution in [0.4, 0.5) is 0 Å². The van der Waals surface area contributed by atoms with E-state index in [1.54, 1.807) is 11.0 Å². The molecule has 0 N–H and O–H groups in total. The molecule has 1 aliphatic heterocycles. The largest absolute Gasteiger partial charge is 0.491 e. The quantitative estimate of drug-likeness (QED) is 0.741. The molecular formula is C24H30N4O3. The lowest BCUT2D eigenvalue weighted by atomic mass is 9.49. The first kappa shape index (κ1) is 19.3. The van der Waals surface area contributed by atoms with Crippen LogP contribution in [0.3, 0.4) is 0 Å². The lowest BCUT2D eigenvalue weighted by Crippen LogP contribution is -2.58. The van der Waals surface area contributed by atoms with E-state index in [0.717, 1.165) is 48.5 Å². The molecule has 1 amide bonds. The molecule has 7 nitrogen and oxygen atoms in total. The summed E-state index contributed by atoms with van der Waals surface area (Å²) >= 11 is 0. The van der Waals surface area contributed by atoms with E-state index in [1.807, 2.05) is 24.3 Å². The smallest absolute Gasteiger partial charge is 0.228 e. The van der Waals surface area contributed by atoms with Crippen LogP contribution >= 0.6 is 0 Å². The van der Waals surface area contributed by atoms with Gasteiger partial charge in [-0.2, -0.15) is 5.10 Å². The molecule has 1 unspecified atom stereocenters. The fraction of sp³-hybridized carbons (Fsp3) is 0.625. The van der Waals surface area contributed by atoms with Crippen molar-refractivity contribution < 1.29 is 14.3 Å². The van der Waals surface area contributed by atoms with E-state index in [9.17, 15) is 4.79 Å². The summed E-state index contributed by atoms with van der Waals surface area (Å²) in [5.74, 6) is 3.55. The van der Waals surface area contributed by atoms with E-state index in [4.69, 9.17) is 9.47 Å². The maximum absolute atomic E-state index is 13.6. The highest BCUT2D eigenvalue weighted by Crippen LogP contribution is 2.60. The zero-order valence-electron chi connectivity index (χ0n) is 17.9. The molecule has 164 valence electrons. The average Bonchev–Trinajstić information content (AvgIpc) is 3.32. The molecule has 0 spiro atoms. The Morgan fingerprint density at radius 3 is 2.45 bits per heavy atom. The Balaban J connectivity index is 1.07. The Labute approximate surface area is 182 Å². The second-order valence-electron chi connectivity index (χ2n) is 10.1. The van der Waals surface area contributed by atoms with Crippen molar-refractivity contribution in [2.45, 2.75) is 44.6 Å². The van der Waals surface area contributed by atoms with Crippen molar-refractivity contribution >= 4 is 5.91 Å². The van der Waals surface area contributed by atoms with Crippen molar-refractivity contribution in [2.75, 3.05) is 26.3 Å². The zero-order chi connectivity index (χ0) is 20.8. The zero-order valence-corrected chi connectivity index (χ0v) is 17.9. The Morgan fingerprint density at radius 1 is 1.10 bits per heavy atom. The number of amides is 1. The Morgan fingerprint density at radius 2 is 1.81 bits per heavy atom. The molecule has 4 bridgehead atoms. The monoisotopic (exact) mass is 422 g/mol. The van der Waals surface area contributed by atoms with Gasteiger partial charge in [0.1, 0.15) is 31.1 Å². The summed E-state index contributed by atoms with van der Waals surface area (Å²) in [6.07, 6.45) is 10.5. The summed E-state index contributed by atoms with van der Waals surface area (Å²) in [7, 11) is 0. The number of hydrogen-bond donors (Lipinski definition) is 0. The second kappa shape index (κ2) is 7.62. The van der Waals surface area contributed by atoms with E-state index in [0.29, 0.717) is 32.2 Å². The van der Waals surface area contributed by atoms with E-state index in [2.05, 4.69) is 15.0 Å². The van der Waals surface area contributed by atoms with Gasteiger partial charge in [-0.05, 0) is 80.5 Å². The summed E-state index contributed by atoms with van der Waals surface area (Å²) in [4.78, 5) is 19.7. The van der Waals surface area contributed by atoms with Gasteiger partial charge in [0.05, 0.1) is 24.3 Å². The third-order valence-corrected chi connectivity index (χ3v) is 7.87. The number of morpholine rings is 1. The van der Waals surface area contributed by atoms with E-state index in [1.165, 1.54) is 25.6 Å². The van der Waals surface area contributed by atoms with Crippen molar-refractivity contribution in [3.05, 3.63) is 36.9 Å². The number of nitrogens with zero attached hydrogens (tertiary/aromatic N) is 4. The van der Waals surface area contributed by atoms with E-state index in [-0.39, 0.29) is 11.5 Å². The van der Waals surface area contributed by atoms with Crippen LogP contribution in [0.2, 0.25) is 0 Å². The number of carbonyl (C=O) groups is 1. The highest BCUT2D eigenvalue weighted by molar-refractivity contribution is 5.83. The topological polar surface area (TPSA) is 69.5 Å². The first-order valence-electron chi connectivity index (χ1n) is 11.7. The third-order valence-electron chi connectivity index (χ3n) is 7.87. The molecule has 1 saturated heterocycles. The summed E-state index contributed by atoms with van der Waals surface area (Å²) < 4.78 is 13.6. The van der Waals surface area contributed by atoms with E-state index >= 15 is 0 Å². The lowest BCUT2D eigenvalue weighted by Gasteiger charge is -2.57. The van der Waals surface area contributed by atoms with Gasteiger partial charge in [-0.3, -0.25) is 4.79 Å². The standard InChI is InChI=1S/C24H30N4O3/c29-23(24-10-17-7-18(11-24)9-19(8-17)12-24)27-5-6-30-22(13-27)14-31-21-3-1-20(2-4-21)28-16-25-15-26-28/h1-4,15-19,22H,5-14H2. The SMILES string of the molecule is O=C(N1CCOC(COc2ccc(-n3cncn3)cc2)C1)C12CC3CC(CC(C3)C1)C2. The van der Waals surface area contributed by atoms with Crippen LogP contribution in [0.15, 0.2) is 36.9 Å². The van der Waals surface area contributed by atoms with Crippen LogP contribution in [-0.2, 0) is 9.53 Å². The normalized spacial score (nSPS) is 34.1. The molecule has 1 aromatic carbocycles. The molecule has 4 aliphatic carbocycles. The highest BCUT2D eigenvalue weighted by atomic mass is 16.5. The van der Waals surface area contributed by atoms with Gasteiger partial charge < -0.3 is 14.4 Å². The van der Waals surface area contributed by atoms with Crippen molar-refractivity contribution in [2.24, 2.45) is 23.2 Å². The Bertz CT molecular complexity index is 892. The van der Waals surface area contributed by atoms with Gasteiger partial charge in [0.15, 0.2) is 0 Å². The van der Waals surface area contributed by atoms with E-state index < -0.39 is 0 Å². The molecule has 7 rings (SSSR count). The number of aromatic nitrogens is 3. The number of carbonyl (C=O) groups excluding carboxylic acids is 1. The molecule has 0 radical (unpaired) electrons. The van der Waals surface area contributed by atoms with Crippen LogP contribution < -0.4 is 4.74 Å². The van der Waals surface area contributed by atoms with Crippen LogP contribution in [0.1, 0.15) is 38.5 Å². The maximum Gasteiger partial charge on any atom is 0.228 e. The molecule has 5 aliphatic rings. The molecule has 2 heterocycles. The van der Waals surface area contributed by atoms with Gasteiger partial charge in [-0.25, -0.2) is 9.67 Å². The first-order valence-corrected chi connectivity index (χ1v) is 11.7. The predicted molar refractivity (Wildman–Crippen MR) is 114 cm³/mol. The Kier molecular flexibility index (Phi) is 4.74. The van der Waals surface area contributed by atoms with Crippen LogP contribution in [0, 0.1) is 23.2 Å². The second-order valence-corrected chi connectivity index (χ2v) is 10.1. The summed E-state index contributed by atoms with van der Waals surface area (Å²) in [6, 6.07) is 7.76. The van der Waals surface area contributed by atoms with Crippen LogP contribution in [-0.4, -0.2) is 58.0 Å². The highest BCUT2D eigenvalue weighted by Gasteiger charge is 2.55. The molecule has 2 aromatic rings. The van der Waals surface area contributed by atoms with Crippen molar-refractivity contribution in [3.63, 3.8) is 0 Å². The Hall–Kier alpha value is -2.41. The van der Waals surface area contributed by atoms with Gasteiger partial charge in [0.2, 0.25) is 5.91 Å². The van der Waals surface area contributed by atoms with Crippen LogP contribution in [0.25, 0.3) is 5.69 Å².